The Kier molecular flexibility index (Phi) is 3.98. The number of amides is 1. The Morgan fingerprint density at radius 3 is 2.73 bits per heavy atom. The van der Waals surface area contributed by atoms with Gasteiger partial charge in [-0.2, -0.15) is 5.10 Å². The molecule has 2 aromatic rings. The Morgan fingerprint density at radius 2 is 2.05 bits per heavy atom. The quantitative estimate of drug-likeness (QED) is 0.912. The van der Waals surface area contributed by atoms with E-state index in [1.165, 1.54) is 0 Å². The molecule has 1 saturated carbocycles. The van der Waals surface area contributed by atoms with Crippen molar-refractivity contribution in [2.45, 2.75) is 44.6 Å². The van der Waals surface area contributed by atoms with E-state index < -0.39 is 5.60 Å². The van der Waals surface area contributed by atoms with Crippen LogP contribution in [0, 0.1) is 6.92 Å². The second kappa shape index (κ2) is 5.93. The first-order chi connectivity index (χ1) is 10.6. The summed E-state index contributed by atoms with van der Waals surface area (Å²) in [5, 5.41) is 17.6. The highest BCUT2D eigenvalue weighted by Crippen LogP contribution is 2.32. The highest BCUT2D eigenvalue weighted by atomic mass is 16.3. The average molecular weight is 299 g/mol. The summed E-state index contributed by atoms with van der Waals surface area (Å²) in [5.74, 6) is -0.152. The van der Waals surface area contributed by atoms with Crippen LogP contribution in [0.3, 0.4) is 0 Å². The van der Waals surface area contributed by atoms with Crippen LogP contribution >= 0.6 is 0 Å². The number of rotatable bonds is 4. The van der Waals surface area contributed by atoms with E-state index in [9.17, 15) is 9.90 Å². The normalized spacial score (nSPS) is 16.6. The SMILES string of the molecule is Cc1ccn(-c2ccccc2NC(=O)CC2(O)CCCC2)n1. The highest BCUT2D eigenvalue weighted by molar-refractivity contribution is 5.93. The van der Waals surface area contributed by atoms with Gasteiger partial charge in [0.15, 0.2) is 0 Å². The van der Waals surface area contributed by atoms with Crippen LogP contribution in [0.15, 0.2) is 36.5 Å². The van der Waals surface area contributed by atoms with Gasteiger partial charge < -0.3 is 10.4 Å². The lowest BCUT2D eigenvalue weighted by atomic mass is 9.97. The number of carbonyl (C=O) groups excluding carboxylic acids is 1. The monoisotopic (exact) mass is 299 g/mol. The molecule has 1 aromatic carbocycles. The number of nitrogens with one attached hydrogen (secondary N) is 1. The minimum atomic E-state index is -0.832. The van der Waals surface area contributed by atoms with Crippen molar-refractivity contribution in [3.63, 3.8) is 0 Å². The first-order valence-corrected chi connectivity index (χ1v) is 7.70. The van der Waals surface area contributed by atoms with Crippen LogP contribution < -0.4 is 5.32 Å². The predicted octanol–water partition coefficient (Wildman–Crippen LogP) is 2.81. The third-order valence-electron chi connectivity index (χ3n) is 4.17. The average Bonchev–Trinajstić information content (AvgIpc) is 3.08. The van der Waals surface area contributed by atoms with Crippen LogP contribution in [0.25, 0.3) is 5.69 Å². The van der Waals surface area contributed by atoms with Gasteiger partial charge >= 0.3 is 0 Å². The largest absolute Gasteiger partial charge is 0.389 e. The number of para-hydroxylation sites is 2. The number of benzene rings is 1. The van der Waals surface area contributed by atoms with E-state index in [0.717, 1.165) is 24.2 Å². The molecule has 22 heavy (non-hydrogen) atoms. The topological polar surface area (TPSA) is 67.2 Å². The molecular weight excluding hydrogens is 278 g/mol. The van der Waals surface area contributed by atoms with Crippen LogP contribution in [0.2, 0.25) is 0 Å². The molecule has 116 valence electrons. The summed E-state index contributed by atoms with van der Waals surface area (Å²) in [6, 6.07) is 9.46. The van der Waals surface area contributed by atoms with Crippen molar-refractivity contribution < 1.29 is 9.90 Å². The van der Waals surface area contributed by atoms with Crippen molar-refractivity contribution in [1.82, 2.24) is 9.78 Å². The molecule has 0 radical (unpaired) electrons. The number of hydrogen-bond donors (Lipinski definition) is 2. The van der Waals surface area contributed by atoms with Crippen molar-refractivity contribution in [1.29, 1.82) is 0 Å². The fraction of sp³-hybridized carbons (Fsp3) is 0.412. The number of nitrogens with zero attached hydrogens (tertiary/aromatic N) is 2. The minimum Gasteiger partial charge on any atom is -0.389 e. The second-order valence-electron chi connectivity index (χ2n) is 6.08. The number of carbonyl (C=O) groups is 1. The van der Waals surface area contributed by atoms with Crippen molar-refractivity contribution in [3.05, 3.63) is 42.2 Å². The van der Waals surface area contributed by atoms with Crippen molar-refractivity contribution in [3.8, 4) is 5.69 Å². The number of hydrogen-bond acceptors (Lipinski definition) is 3. The summed E-state index contributed by atoms with van der Waals surface area (Å²) >= 11 is 0. The van der Waals surface area contributed by atoms with Crippen LogP contribution in [-0.2, 0) is 4.79 Å². The second-order valence-corrected chi connectivity index (χ2v) is 6.08. The number of aromatic nitrogens is 2. The predicted molar refractivity (Wildman–Crippen MR) is 85.0 cm³/mol. The van der Waals surface area contributed by atoms with Gasteiger partial charge in [-0.1, -0.05) is 25.0 Å². The third-order valence-corrected chi connectivity index (χ3v) is 4.17. The summed E-state index contributed by atoms with van der Waals surface area (Å²) in [6.07, 6.45) is 5.42. The summed E-state index contributed by atoms with van der Waals surface area (Å²) in [5.41, 5.74) is 1.61. The molecule has 1 amide bonds. The van der Waals surface area contributed by atoms with Crippen molar-refractivity contribution >= 4 is 11.6 Å². The van der Waals surface area contributed by atoms with Gasteiger partial charge in [0.1, 0.15) is 0 Å². The summed E-state index contributed by atoms with van der Waals surface area (Å²) in [7, 11) is 0. The molecule has 1 aromatic heterocycles. The van der Waals surface area contributed by atoms with E-state index in [1.807, 2.05) is 43.5 Å². The molecule has 0 saturated heterocycles. The van der Waals surface area contributed by atoms with Crippen molar-refractivity contribution in [2.24, 2.45) is 0 Å². The first kappa shape index (κ1) is 14.8. The summed E-state index contributed by atoms with van der Waals surface area (Å²) < 4.78 is 1.75. The zero-order chi connectivity index (χ0) is 15.6. The van der Waals surface area contributed by atoms with Crippen LogP contribution in [-0.4, -0.2) is 26.4 Å². The third kappa shape index (κ3) is 3.20. The molecule has 0 unspecified atom stereocenters. The fourth-order valence-electron chi connectivity index (χ4n) is 3.03. The molecule has 1 fully saturated rings. The Hall–Kier alpha value is -2.14. The van der Waals surface area contributed by atoms with Crippen LogP contribution in [0.4, 0.5) is 5.69 Å². The van der Waals surface area contributed by atoms with Gasteiger partial charge in [0, 0.05) is 6.20 Å². The molecule has 5 heteroatoms. The highest BCUT2D eigenvalue weighted by Gasteiger charge is 2.33. The molecular formula is C17H21N3O2. The van der Waals surface area contributed by atoms with Gasteiger partial charge in [-0.05, 0) is 38.0 Å². The number of aryl methyl sites for hydroxylation is 1. The zero-order valence-electron chi connectivity index (χ0n) is 12.7. The van der Waals surface area contributed by atoms with E-state index in [0.29, 0.717) is 18.5 Å². The summed E-state index contributed by atoms with van der Waals surface area (Å²) in [4.78, 5) is 12.3. The first-order valence-electron chi connectivity index (χ1n) is 7.70. The Labute approximate surface area is 130 Å². The van der Waals surface area contributed by atoms with E-state index >= 15 is 0 Å². The molecule has 0 bridgehead atoms. The Balaban J connectivity index is 1.76. The zero-order valence-corrected chi connectivity index (χ0v) is 12.7. The Morgan fingerprint density at radius 1 is 1.32 bits per heavy atom. The van der Waals surface area contributed by atoms with Gasteiger partial charge in [0.05, 0.1) is 29.1 Å². The van der Waals surface area contributed by atoms with Gasteiger partial charge in [-0.25, -0.2) is 4.68 Å². The molecule has 0 spiro atoms. The van der Waals surface area contributed by atoms with E-state index in [4.69, 9.17) is 0 Å². The molecule has 1 aliphatic rings. The molecule has 3 rings (SSSR count). The van der Waals surface area contributed by atoms with Crippen LogP contribution in [0.1, 0.15) is 37.8 Å². The van der Waals surface area contributed by atoms with E-state index in [1.54, 1.807) is 4.68 Å². The molecule has 1 heterocycles. The maximum absolute atomic E-state index is 12.3. The van der Waals surface area contributed by atoms with Gasteiger partial charge in [-0.15, -0.1) is 0 Å². The standard InChI is InChI=1S/C17H21N3O2/c1-13-8-11-20(19-13)15-7-3-2-6-14(15)18-16(21)12-17(22)9-4-5-10-17/h2-3,6-8,11,22H,4-5,9-10,12H2,1H3,(H,18,21). The van der Waals surface area contributed by atoms with Gasteiger partial charge in [0.25, 0.3) is 0 Å². The smallest absolute Gasteiger partial charge is 0.227 e. The lowest BCUT2D eigenvalue weighted by Crippen LogP contribution is -2.31. The maximum Gasteiger partial charge on any atom is 0.227 e. The van der Waals surface area contributed by atoms with E-state index in [-0.39, 0.29) is 12.3 Å². The minimum absolute atomic E-state index is 0.152. The van der Waals surface area contributed by atoms with Crippen LogP contribution in [0.5, 0.6) is 0 Å². The lowest BCUT2D eigenvalue weighted by Gasteiger charge is -2.21. The Bertz CT molecular complexity index is 672. The van der Waals surface area contributed by atoms with Gasteiger partial charge in [-0.3, -0.25) is 4.79 Å². The van der Waals surface area contributed by atoms with Crippen molar-refractivity contribution in [2.75, 3.05) is 5.32 Å². The lowest BCUT2D eigenvalue weighted by molar-refractivity contribution is -0.120. The van der Waals surface area contributed by atoms with E-state index in [2.05, 4.69) is 10.4 Å². The molecule has 1 aliphatic carbocycles. The molecule has 0 atom stereocenters. The molecule has 0 aliphatic heterocycles. The number of aliphatic hydroxyl groups is 1. The number of anilines is 1. The van der Waals surface area contributed by atoms with Gasteiger partial charge in [0.2, 0.25) is 5.91 Å². The molecule has 5 nitrogen and oxygen atoms in total. The molecule has 2 N–H and O–H groups in total. The fourth-order valence-corrected chi connectivity index (χ4v) is 3.03. The maximum atomic E-state index is 12.3. The summed E-state index contributed by atoms with van der Waals surface area (Å²) in [6.45, 7) is 1.92.